The molecule has 4 heterocycles. The highest BCUT2D eigenvalue weighted by molar-refractivity contribution is 8.15. The van der Waals surface area contributed by atoms with E-state index in [0.29, 0.717) is 53.9 Å². The first-order chi connectivity index (χ1) is 29.8. The predicted molar refractivity (Wildman–Crippen MR) is 229 cm³/mol. The Morgan fingerprint density at radius 2 is 1.79 bits per heavy atom. The van der Waals surface area contributed by atoms with E-state index in [1.165, 1.54) is 54.1 Å². The van der Waals surface area contributed by atoms with Gasteiger partial charge in [-0.15, -0.1) is 0 Å². The largest absolute Gasteiger partial charge is 0.514 e. The number of ether oxygens (including phenoxy) is 2. The Morgan fingerprint density at radius 3 is 2.39 bits per heavy atom. The molecule has 328 valence electrons. The lowest BCUT2D eigenvalue weighted by Gasteiger charge is -2.36. The minimum atomic E-state index is -1.12. The van der Waals surface area contributed by atoms with Crippen LogP contribution in [-0.2, 0) is 16.0 Å². The van der Waals surface area contributed by atoms with Gasteiger partial charge in [0.2, 0.25) is 0 Å². The summed E-state index contributed by atoms with van der Waals surface area (Å²) in [5.74, 6) is -1.29. The van der Waals surface area contributed by atoms with Crippen LogP contribution in [0.5, 0.6) is 5.75 Å². The molecule has 7 rings (SSSR count). The van der Waals surface area contributed by atoms with Gasteiger partial charge in [0.05, 0.1) is 21.1 Å². The van der Waals surface area contributed by atoms with Gasteiger partial charge in [0.25, 0.3) is 11.6 Å². The third-order valence-corrected chi connectivity index (χ3v) is 11.8. The van der Waals surface area contributed by atoms with Gasteiger partial charge >= 0.3 is 6.16 Å². The summed E-state index contributed by atoms with van der Waals surface area (Å²) in [7, 11) is 2.55. The Labute approximate surface area is 359 Å². The minimum Gasteiger partial charge on any atom is -0.429 e. The molecule has 0 radical (unpaired) electrons. The van der Waals surface area contributed by atoms with E-state index in [4.69, 9.17) is 20.0 Å². The van der Waals surface area contributed by atoms with Crippen molar-refractivity contribution in [3.8, 4) is 11.8 Å². The Bertz CT molecular complexity index is 2520. The average molecular weight is 877 g/mol. The number of aliphatic imine (C=N–C) groups is 1. The van der Waals surface area contributed by atoms with Crippen molar-refractivity contribution in [2.45, 2.75) is 49.7 Å². The number of nitriles is 1. The number of fused-ring (bicyclic) bond motifs is 2. The highest BCUT2D eigenvalue weighted by Gasteiger charge is 2.35. The van der Waals surface area contributed by atoms with Crippen LogP contribution in [0.1, 0.15) is 31.7 Å². The lowest BCUT2D eigenvalue weighted by molar-refractivity contribution is -0.384. The number of alkyl halides is 1. The summed E-state index contributed by atoms with van der Waals surface area (Å²) < 4.78 is 54.0. The number of hydrogen-bond donors (Lipinski definition) is 3. The molecule has 2 atom stereocenters. The van der Waals surface area contributed by atoms with Crippen LogP contribution in [0.4, 0.5) is 29.3 Å². The maximum atomic E-state index is 16.6. The van der Waals surface area contributed by atoms with E-state index in [0.717, 1.165) is 31.8 Å². The second-order valence-corrected chi connectivity index (χ2v) is 15.4. The average Bonchev–Trinajstić information content (AvgIpc) is 3.97. The number of aryl methyl sites for hydroxylation is 1. The molecular weight excluding hydrogens is 830 g/mol. The number of rotatable bonds is 9. The monoisotopic (exact) mass is 876 g/mol. The van der Waals surface area contributed by atoms with Crippen LogP contribution >= 0.6 is 11.8 Å². The standard InChI is InChI=1S/C35H31F2N7O6S.C7H12FN.CH4O/c1-5-20-16-24(30(40-3)29(37)27(20)23-10-11-26(36)31-28(23)25(17-38)32(39)51-31)33(41-4)42-12-14-43(15-13-42)34(45)19(2)18-49-35(46)50-22-8-6-21(7-9-22)44(47)48;8-6-4-7-2-1-3-9(7)5-6;1-2/h6-11,16,39-40H,2,4-5,12-15,18H2,1,3H3;6-7H,1-5H2;2H,1H3/b27-23-,33-24+,39-32?;;. The third kappa shape index (κ3) is 10.1. The summed E-state index contributed by atoms with van der Waals surface area (Å²) in [5, 5.41) is 39.7. The number of thioether (sulfide) groups is 1. The summed E-state index contributed by atoms with van der Waals surface area (Å²) in [6.45, 7) is 11.8. The number of anilines is 1. The van der Waals surface area contributed by atoms with Crippen LogP contribution in [0.25, 0.3) is 11.4 Å². The Balaban J connectivity index is 0.000000573. The van der Waals surface area contributed by atoms with E-state index in [1.807, 2.05) is 17.9 Å². The van der Waals surface area contributed by atoms with Gasteiger partial charge in [-0.25, -0.2) is 23.0 Å². The van der Waals surface area contributed by atoms with Crippen molar-refractivity contribution in [3.05, 3.63) is 103 Å². The number of aliphatic hydroxyl groups excluding tert-OH is 1. The number of hydrogen-bond acceptors (Lipinski definition) is 14. The first kappa shape index (κ1) is 46.8. The number of nitro groups is 1. The van der Waals surface area contributed by atoms with E-state index < -0.39 is 41.4 Å². The van der Waals surface area contributed by atoms with Crippen LogP contribution in [0.15, 0.2) is 64.5 Å². The van der Waals surface area contributed by atoms with Crippen molar-refractivity contribution in [1.82, 2.24) is 14.7 Å². The van der Waals surface area contributed by atoms with Gasteiger partial charge in [0, 0.05) is 86.3 Å². The number of nitro benzene ring substituents is 1. The van der Waals surface area contributed by atoms with Crippen molar-refractivity contribution >= 4 is 58.4 Å². The van der Waals surface area contributed by atoms with Gasteiger partial charge in [-0.05, 0) is 74.0 Å². The topological polar surface area (TPSA) is 198 Å². The summed E-state index contributed by atoms with van der Waals surface area (Å²) in [6.07, 6.45) is 2.07. The normalized spacial score (nSPS) is 18.8. The van der Waals surface area contributed by atoms with Crippen molar-refractivity contribution in [1.29, 1.82) is 10.7 Å². The van der Waals surface area contributed by atoms with E-state index in [2.05, 4.69) is 28.5 Å². The molecule has 0 aliphatic carbocycles. The first-order valence-corrected chi connectivity index (χ1v) is 20.5. The fourth-order valence-corrected chi connectivity index (χ4v) is 8.81. The quantitative estimate of drug-likeness (QED) is 0.0651. The summed E-state index contributed by atoms with van der Waals surface area (Å²) in [6, 6.07) is 11.8. The second-order valence-electron chi connectivity index (χ2n) is 14.3. The Hall–Kier alpha value is -6.23. The zero-order valence-electron chi connectivity index (χ0n) is 34.5. The smallest absolute Gasteiger partial charge is 0.429 e. The van der Waals surface area contributed by atoms with E-state index in [-0.39, 0.29) is 61.7 Å². The number of carbonyl (C=O) groups is 2. The summed E-state index contributed by atoms with van der Waals surface area (Å²) in [4.78, 5) is 45.4. The van der Waals surface area contributed by atoms with Crippen LogP contribution in [0, 0.1) is 48.9 Å². The molecule has 2 unspecified atom stereocenters. The fourth-order valence-electron chi connectivity index (χ4n) is 7.88. The fraction of sp³-hybridized carbons (Fsp3) is 0.372. The number of aliphatic hydroxyl groups is 1. The molecule has 1 amide bonds. The molecule has 3 aromatic carbocycles. The minimum absolute atomic E-state index is 0.00418. The van der Waals surface area contributed by atoms with Crippen LogP contribution < -0.4 is 20.5 Å². The molecule has 0 saturated carbocycles. The predicted octanol–water partition coefficient (Wildman–Crippen LogP) is 5.00. The number of benzene rings is 3. The number of nitrogens with one attached hydrogen (secondary N) is 2. The number of halogens is 3. The Kier molecular flexibility index (Phi) is 15.9. The number of amides is 1. The summed E-state index contributed by atoms with van der Waals surface area (Å²) in [5.41, 5.74) is 0.463. The summed E-state index contributed by atoms with van der Waals surface area (Å²) >= 11 is 0.826. The molecular formula is C43H47F3N8O7S. The van der Waals surface area contributed by atoms with Crippen LogP contribution in [0.3, 0.4) is 0 Å². The molecule has 0 bridgehead atoms. The lowest BCUT2D eigenvalue weighted by atomic mass is 10.0. The molecule has 62 heavy (non-hydrogen) atoms. The molecule has 3 fully saturated rings. The van der Waals surface area contributed by atoms with Gasteiger partial charge in [0.15, 0.2) is 5.82 Å². The van der Waals surface area contributed by atoms with Gasteiger partial charge in [-0.1, -0.05) is 31.3 Å². The van der Waals surface area contributed by atoms with Crippen molar-refractivity contribution in [2.75, 3.05) is 65.3 Å². The van der Waals surface area contributed by atoms with Crippen molar-refractivity contribution in [2.24, 2.45) is 4.99 Å². The number of non-ortho nitro benzene ring substituents is 1. The maximum absolute atomic E-state index is 16.6. The highest BCUT2D eigenvalue weighted by atomic mass is 32.2. The second kappa shape index (κ2) is 21.0. The maximum Gasteiger partial charge on any atom is 0.514 e. The zero-order chi connectivity index (χ0) is 45.2. The molecule has 0 spiro atoms. The highest BCUT2D eigenvalue weighted by Crippen LogP contribution is 2.30. The SMILES string of the molecule is C=N/C(=c1/cc(CC)/c(=c2\ccc(F)c3c2=C(C#N)C(=N)S3)c(F)c1NC)N1CCN(C(=O)C(=C)COC(=O)Oc2ccc([N+](=O)[O-])cc2)CC1.CO.FC1CC2CCCN2C1. The van der Waals surface area contributed by atoms with Gasteiger partial charge in [-0.3, -0.25) is 25.2 Å². The van der Waals surface area contributed by atoms with Crippen LogP contribution in [0.2, 0.25) is 0 Å². The van der Waals surface area contributed by atoms with Gasteiger partial charge in [-0.2, -0.15) is 5.26 Å². The third-order valence-electron chi connectivity index (χ3n) is 10.8. The van der Waals surface area contributed by atoms with Crippen molar-refractivity contribution < 1.29 is 42.3 Å². The lowest BCUT2D eigenvalue weighted by Crippen LogP contribution is -2.49. The number of nitrogens with zero attached hydrogens (tertiary/aromatic N) is 6. The molecule has 3 aromatic rings. The molecule has 3 N–H and O–H groups in total. The molecule has 0 aromatic heterocycles. The van der Waals surface area contributed by atoms with Gasteiger partial charge in [0.1, 0.15) is 41.3 Å². The zero-order valence-corrected chi connectivity index (χ0v) is 35.3. The van der Waals surface area contributed by atoms with E-state index in [9.17, 15) is 33.7 Å². The van der Waals surface area contributed by atoms with Crippen LogP contribution in [-0.4, -0.2) is 121 Å². The number of piperazine rings is 1. The number of carbonyl (C=O) groups excluding carboxylic acids is 2. The molecule has 15 nitrogen and oxygen atoms in total. The van der Waals surface area contributed by atoms with Gasteiger partial charge < -0.3 is 29.7 Å². The first-order valence-electron chi connectivity index (χ1n) is 19.7. The molecule has 4 aliphatic heterocycles. The van der Waals surface area contributed by atoms with Crippen molar-refractivity contribution in [3.63, 3.8) is 0 Å². The molecule has 4 aliphatic rings. The van der Waals surface area contributed by atoms with E-state index in [1.54, 1.807) is 13.1 Å². The Morgan fingerprint density at radius 1 is 1.11 bits per heavy atom. The molecule has 3 saturated heterocycles. The molecule has 19 heteroatoms. The van der Waals surface area contributed by atoms with E-state index >= 15 is 4.39 Å².